The molecule has 0 aliphatic heterocycles. The Morgan fingerprint density at radius 2 is 1.07 bits per heavy atom. The molecule has 0 aliphatic carbocycles. The molecule has 0 radical (unpaired) electrons. The van der Waals surface area contributed by atoms with Crippen LogP contribution in [0.25, 0.3) is 22.3 Å². The standard InChI is InChI=1S/C19H14F2O.C7H7.W/c1-12-2-4-13(5-3-12)14-6-8-15(9-7-14)16-10-11-17(22)19(21)18(16)20;1-7-5-3-2-4-6-7;/h2-11,22H,1H3;3-6H,1H3;/q;-1;. The summed E-state index contributed by atoms with van der Waals surface area (Å²) in [5.41, 5.74) is 5.23. The zero-order chi connectivity index (χ0) is 20.8. The van der Waals surface area contributed by atoms with Gasteiger partial charge in [-0.1, -0.05) is 61.0 Å². The fraction of sp³-hybridized carbons (Fsp3) is 0.0769. The van der Waals surface area contributed by atoms with Crippen LogP contribution in [0.1, 0.15) is 11.1 Å². The number of phenols is 1. The third-order valence-electron chi connectivity index (χ3n) is 4.53. The zero-order valence-electron chi connectivity index (χ0n) is 16.7. The number of benzene rings is 4. The van der Waals surface area contributed by atoms with E-state index in [0.29, 0.717) is 5.56 Å². The van der Waals surface area contributed by atoms with E-state index in [1.165, 1.54) is 17.2 Å². The van der Waals surface area contributed by atoms with Crippen LogP contribution in [0.3, 0.4) is 0 Å². The van der Waals surface area contributed by atoms with E-state index in [1.54, 1.807) is 12.1 Å². The molecule has 0 unspecified atom stereocenters. The molecule has 30 heavy (non-hydrogen) atoms. The van der Waals surface area contributed by atoms with Gasteiger partial charge >= 0.3 is 0 Å². The minimum absolute atomic E-state index is 0. The summed E-state index contributed by atoms with van der Waals surface area (Å²) in [6.45, 7) is 4.09. The van der Waals surface area contributed by atoms with E-state index >= 15 is 0 Å². The Bertz CT molecular complexity index is 1080. The van der Waals surface area contributed by atoms with Gasteiger partial charge < -0.3 is 5.11 Å². The third-order valence-corrected chi connectivity index (χ3v) is 4.53. The molecule has 4 rings (SSSR count). The van der Waals surface area contributed by atoms with Crippen molar-refractivity contribution in [1.29, 1.82) is 0 Å². The summed E-state index contributed by atoms with van der Waals surface area (Å²) in [4.78, 5) is 0. The first-order chi connectivity index (χ1) is 14.0. The van der Waals surface area contributed by atoms with Crippen molar-refractivity contribution < 1.29 is 35.0 Å². The van der Waals surface area contributed by atoms with Crippen molar-refractivity contribution in [2.24, 2.45) is 0 Å². The molecule has 0 aliphatic rings. The largest absolute Gasteiger partial charge is 0.505 e. The molecule has 0 amide bonds. The van der Waals surface area contributed by atoms with Crippen LogP contribution in [0.5, 0.6) is 5.75 Å². The third kappa shape index (κ3) is 5.87. The molecule has 0 aromatic heterocycles. The summed E-state index contributed by atoms with van der Waals surface area (Å²) < 4.78 is 27.3. The van der Waals surface area contributed by atoms with Crippen LogP contribution in [-0.2, 0) is 21.1 Å². The van der Waals surface area contributed by atoms with Crippen LogP contribution >= 0.6 is 0 Å². The second-order valence-electron chi connectivity index (χ2n) is 6.78. The van der Waals surface area contributed by atoms with E-state index in [9.17, 15) is 13.9 Å². The van der Waals surface area contributed by atoms with E-state index in [2.05, 4.69) is 13.0 Å². The maximum atomic E-state index is 13.9. The molecule has 0 heterocycles. The van der Waals surface area contributed by atoms with Gasteiger partial charge in [-0.25, -0.2) is 4.39 Å². The van der Waals surface area contributed by atoms with E-state index in [-0.39, 0.29) is 26.6 Å². The predicted octanol–water partition coefficient (Wildman–Crippen LogP) is 7.11. The van der Waals surface area contributed by atoms with Crippen LogP contribution in [0.2, 0.25) is 0 Å². The first-order valence-electron chi connectivity index (χ1n) is 9.23. The van der Waals surface area contributed by atoms with Gasteiger partial charge in [0, 0.05) is 26.6 Å². The van der Waals surface area contributed by atoms with Crippen molar-refractivity contribution in [3.63, 3.8) is 0 Å². The molecule has 0 fully saturated rings. The summed E-state index contributed by atoms with van der Waals surface area (Å²) in [6.07, 6.45) is 0. The predicted molar refractivity (Wildman–Crippen MR) is 114 cm³/mol. The molecule has 4 aromatic rings. The van der Waals surface area contributed by atoms with Gasteiger partial charge in [-0.15, -0.1) is 0 Å². The Kier molecular flexibility index (Phi) is 8.50. The molecule has 152 valence electrons. The summed E-state index contributed by atoms with van der Waals surface area (Å²) in [7, 11) is 0. The summed E-state index contributed by atoms with van der Waals surface area (Å²) >= 11 is 0. The Labute approximate surface area is 190 Å². The van der Waals surface area contributed by atoms with Crippen molar-refractivity contribution in [3.8, 4) is 28.0 Å². The molecule has 1 N–H and O–H groups in total. The maximum absolute atomic E-state index is 13.9. The molecule has 0 bridgehead atoms. The van der Waals surface area contributed by atoms with E-state index in [1.807, 2.05) is 67.6 Å². The number of rotatable bonds is 2. The Morgan fingerprint density at radius 1 is 0.600 bits per heavy atom. The molecular weight excluding hydrogens is 550 g/mol. The van der Waals surface area contributed by atoms with E-state index in [0.717, 1.165) is 17.2 Å². The average molecular weight is 571 g/mol. The SMILES string of the molecule is Cc1cc[c-]cc1.Cc1ccc(-c2ccc(-c3ccc(O)c(F)c3F)cc2)cc1.[W]. The summed E-state index contributed by atoms with van der Waals surface area (Å²) in [5, 5.41) is 9.17. The second kappa shape index (κ2) is 10.8. The molecule has 0 saturated heterocycles. The van der Waals surface area contributed by atoms with Crippen LogP contribution in [0.4, 0.5) is 8.78 Å². The van der Waals surface area contributed by atoms with Crippen LogP contribution < -0.4 is 0 Å². The molecule has 4 aromatic carbocycles. The Balaban J connectivity index is 0.000000341. The normalized spacial score (nSPS) is 9.87. The van der Waals surface area contributed by atoms with Crippen molar-refractivity contribution in [2.45, 2.75) is 13.8 Å². The Morgan fingerprint density at radius 3 is 1.57 bits per heavy atom. The molecule has 4 heteroatoms. The molecular formula is C26H21F2OW-. The van der Waals surface area contributed by atoms with Gasteiger partial charge in [0.15, 0.2) is 11.6 Å². The fourth-order valence-electron chi connectivity index (χ4n) is 2.82. The number of aryl methyl sites for hydroxylation is 2. The van der Waals surface area contributed by atoms with Crippen molar-refractivity contribution in [2.75, 3.05) is 0 Å². The van der Waals surface area contributed by atoms with Gasteiger partial charge in [-0.05, 0) is 35.7 Å². The number of hydrogen-bond donors (Lipinski definition) is 1. The quantitative estimate of drug-likeness (QED) is 0.255. The second-order valence-corrected chi connectivity index (χ2v) is 6.78. The van der Waals surface area contributed by atoms with Gasteiger partial charge in [0.05, 0.1) is 0 Å². The monoisotopic (exact) mass is 571 g/mol. The molecule has 1 nitrogen and oxygen atoms in total. The number of aromatic hydroxyl groups is 1. The fourth-order valence-corrected chi connectivity index (χ4v) is 2.82. The van der Waals surface area contributed by atoms with Crippen molar-refractivity contribution in [3.05, 3.63) is 114 Å². The number of hydrogen-bond acceptors (Lipinski definition) is 1. The van der Waals surface area contributed by atoms with Crippen LogP contribution in [0, 0.1) is 31.5 Å². The minimum atomic E-state index is -1.22. The van der Waals surface area contributed by atoms with Crippen LogP contribution in [-0.4, -0.2) is 5.11 Å². The minimum Gasteiger partial charge on any atom is -0.505 e. The van der Waals surface area contributed by atoms with Crippen molar-refractivity contribution >= 4 is 0 Å². The van der Waals surface area contributed by atoms with Gasteiger partial charge in [0.1, 0.15) is 0 Å². The molecule has 0 saturated carbocycles. The summed E-state index contributed by atoms with van der Waals surface area (Å²) in [5.74, 6) is -2.94. The molecule has 0 spiro atoms. The van der Waals surface area contributed by atoms with Gasteiger partial charge in [0.25, 0.3) is 0 Å². The number of halogens is 2. The zero-order valence-corrected chi connectivity index (χ0v) is 19.6. The maximum Gasteiger partial charge on any atom is 0.200 e. The van der Waals surface area contributed by atoms with E-state index < -0.39 is 17.4 Å². The first-order valence-corrected chi connectivity index (χ1v) is 9.23. The first kappa shape index (κ1) is 23.5. The topological polar surface area (TPSA) is 20.2 Å². The summed E-state index contributed by atoms with van der Waals surface area (Å²) in [6, 6.07) is 28.6. The van der Waals surface area contributed by atoms with E-state index in [4.69, 9.17) is 0 Å². The van der Waals surface area contributed by atoms with Gasteiger partial charge in [-0.2, -0.15) is 40.3 Å². The Hall–Kier alpha value is -2.77. The number of phenolic OH excluding ortho intramolecular Hbond substituents is 1. The van der Waals surface area contributed by atoms with Crippen molar-refractivity contribution in [1.82, 2.24) is 0 Å². The van der Waals surface area contributed by atoms with Gasteiger partial charge in [-0.3, -0.25) is 0 Å². The molecule has 0 atom stereocenters. The van der Waals surface area contributed by atoms with Crippen LogP contribution in [0.15, 0.2) is 84.9 Å². The average Bonchev–Trinajstić information content (AvgIpc) is 2.74. The van der Waals surface area contributed by atoms with Gasteiger partial charge in [0.2, 0.25) is 5.82 Å². The smallest absolute Gasteiger partial charge is 0.200 e.